The van der Waals surface area contributed by atoms with Crippen molar-refractivity contribution in [3.63, 3.8) is 0 Å². The van der Waals surface area contributed by atoms with E-state index in [0.717, 1.165) is 41.8 Å². The summed E-state index contributed by atoms with van der Waals surface area (Å²) >= 11 is 0. The van der Waals surface area contributed by atoms with Crippen LogP contribution >= 0.6 is 0 Å². The van der Waals surface area contributed by atoms with Crippen molar-refractivity contribution < 1.29 is 4.79 Å². The summed E-state index contributed by atoms with van der Waals surface area (Å²) in [7, 11) is 0. The Balaban J connectivity index is 1.49. The van der Waals surface area contributed by atoms with Gasteiger partial charge in [-0.3, -0.25) is 4.79 Å². The fourth-order valence-electron chi connectivity index (χ4n) is 3.77. The van der Waals surface area contributed by atoms with Crippen LogP contribution in [0.25, 0.3) is 11.3 Å². The summed E-state index contributed by atoms with van der Waals surface area (Å²) in [6, 6.07) is 6.49. The highest BCUT2D eigenvalue weighted by Gasteiger charge is 2.25. The summed E-state index contributed by atoms with van der Waals surface area (Å²) in [4.78, 5) is 13.8. The monoisotopic (exact) mass is 362 g/mol. The summed E-state index contributed by atoms with van der Waals surface area (Å²) in [6.07, 6.45) is 7.77. The zero-order chi connectivity index (χ0) is 18.8. The van der Waals surface area contributed by atoms with Crippen LogP contribution in [0.5, 0.6) is 0 Å². The Hall–Kier alpha value is -2.61. The smallest absolute Gasteiger partial charge is 0.219 e. The number of benzene rings is 1. The molecule has 0 bridgehead atoms. The van der Waals surface area contributed by atoms with Crippen LogP contribution in [0.2, 0.25) is 0 Å². The Morgan fingerprint density at radius 1 is 1.26 bits per heavy atom. The van der Waals surface area contributed by atoms with Crippen LogP contribution in [0.15, 0.2) is 24.4 Å². The van der Waals surface area contributed by atoms with Crippen molar-refractivity contribution in [3.8, 4) is 23.1 Å². The van der Waals surface area contributed by atoms with Gasteiger partial charge in [0, 0.05) is 30.5 Å². The van der Waals surface area contributed by atoms with Gasteiger partial charge in [-0.1, -0.05) is 23.1 Å². The molecule has 1 aliphatic heterocycles. The highest BCUT2D eigenvalue weighted by atomic mass is 16.2. The van der Waals surface area contributed by atoms with Crippen molar-refractivity contribution in [2.75, 3.05) is 6.54 Å². The van der Waals surface area contributed by atoms with Gasteiger partial charge in [0.2, 0.25) is 5.91 Å². The first-order valence-corrected chi connectivity index (χ1v) is 9.90. The van der Waals surface area contributed by atoms with Crippen molar-refractivity contribution in [1.82, 2.24) is 19.9 Å². The standard InChI is InChI=1S/C22H26N4O/c1-16-13-19(9-8-18-6-7-18)10-11-21(16)22-15-25(24-23-22)14-20-5-3-4-12-26(20)17(2)27/h10-11,13,15,18,20H,3-7,12,14H2,1-2H3. The zero-order valence-electron chi connectivity index (χ0n) is 16.1. The molecule has 0 radical (unpaired) electrons. The van der Waals surface area contributed by atoms with E-state index in [9.17, 15) is 4.79 Å². The third kappa shape index (κ3) is 4.21. The molecule has 2 heterocycles. The SMILES string of the molecule is CC(=O)N1CCCCC1Cn1cc(-c2ccc(C#CC3CC3)cc2C)nn1. The highest BCUT2D eigenvalue weighted by Crippen LogP contribution is 2.28. The molecule has 5 heteroatoms. The molecular weight excluding hydrogens is 336 g/mol. The summed E-state index contributed by atoms with van der Waals surface area (Å²) in [6.45, 7) is 5.30. The van der Waals surface area contributed by atoms with Gasteiger partial charge in [0.15, 0.2) is 0 Å². The Morgan fingerprint density at radius 3 is 2.85 bits per heavy atom. The number of hydrogen-bond donors (Lipinski definition) is 0. The number of carbonyl (C=O) groups is 1. The van der Waals surface area contributed by atoms with E-state index in [0.29, 0.717) is 12.5 Å². The maximum atomic E-state index is 11.9. The predicted molar refractivity (Wildman–Crippen MR) is 105 cm³/mol. The van der Waals surface area contributed by atoms with E-state index >= 15 is 0 Å². The lowest BCUT2D eigenvalue weighted by atomic mass is 10.0. The van der Waals surface area contributed by atoms with Crippen molar-refractivity contribution >= 4 is 5.91 Å². The first-order chi connectivity index (χ1) is 13.1. The molecule has 1 aromatic carbocycles. The molecular formula is C22H26N4O. The number of piperidine rings is 1. The van der Waals surface area contributed by atoms with Gasteiger partial charge in [-0.25, -0.2) is 4.68 Å². The van der Waals surface area contributed by atoms with Gasteiger partial charge in [0.25, 0.3) is 0 Å². The Bertz CT molecular complexity index is 901. The van der Waals surface area contributed by atoms with Crippen LogP contribution in [-0.4, -0.2) is 38.4 Å². The molecule has 1 unspecified atom stereocenters. The summed E-state index contributed by atoms with van der Waals surface area (Å²) < 4.78 is 1.88. The Morgan fingerprint density at radius 2 is 2.11 bits per heavy atom. The summed E-state index contributed by atoms with van der Waals surface area (Å²) in [5, 5.41) is 8.68. The number of rotatable bonds is 3. The average Bonchev–Trinajstić information content (AvgIpc) is 3.38. The lowest BCUT2D eigenvalue weighted by Crippen LogP contribution is -2.44. The number of aromatic nitrogens is 3. The molecule has 2 aromatic rings. The quantitative estimate of drug-likeness (QED) is 0.786. The average molecular weight is 362 g/mol. The number of amides is 1. The van der Waals surface area contributed by atoms with Gasteiger partial charge in [-0.15, -0.1) is 5.10 Å². The first-order valence-electron chi connectivity index (χ1n) is 9.90. The van der Waals surface area contributed by atoms with Gasteiger partial charge in [0.05, 0.1) is 18.8 Å². The molecule has 140 valence electrons. The minimum Gasteiger partial charge on any atom is -0.338 e. The van der Waals surface area contributed by atoms with E-state index in [1.807, 2.05) is 15.8 Å². The lowest BCUT2D eigenvalue weighted by Gasteiger charge is -2.34. The number of aryl methyl sites for hydroxylation is 1. The largest absolute Gasteiger partial charge is 0.338 e. The molecule has 4 rings (SSSR count). The summed E-state index contributed by atoms with van der Waals surface area (Å²) in [5.74, 6) is 7.34. The second-order valence-corrected chi connectivity index (χ2v) is 7.76. The van der Waals surface area contributed by atoms with Gasteiger partial charge in [-0.05, 0) is 56.7 Å². The normalized spacial score (nSPS) is 19.5. The van der Waals surface area contributed by atoms with Crippen molar-refractivity contribution in [1.29, 1.82) is 0 Å². The minimum atomic E-state index is 0.152. The van der Waals surface area contributed by atoms with E-state index in [-0.39, 0.29) is 11.9 Å². The number of likely N-dealkylation sites (tertiary alicyclic amines) is 1. The van der Waals surface area contributed by atoms with E-state index in [1.54, 1.807) is 6.92 Å². The van der Waals surface area contributed by atoms with Gasteiger partial charge in [0.1, 0.15) is 5.69 Å². The van der Waals surface area contributed by atoms with E-state index in [2.05, 4.69) is 47.3 Å². The van der Waals surface area contributed by atoms with E-state index < -0.39 is 0 Å². The zero-order valence-corrected chi connectivity index (χ0v) is 16.1. The third-order valence-electron chi connectivity index (χ3n) is 5.47. The van der Waals surface area contributed by atoms with Crippen LogP contribution in [0.3, 0.4) is 0 Å². The molecule has 1 saturated heterocycles. The molecule has 0 N–H and O–H groups in total. The molecule has 1 saturated carbocycles. The van der Waals surface area contributed by atoms with Crippen molar-refractivity contribution in [2.45, 2.75) is 58.5 Å². The number of nitrogens with zero attached hydrogens (tertiary/aromatic N) is 4. The topological polar surface area (TPSA) is 51.0 Å². The van der Waals surface area contributed by atoms with Crippen LogP contribution in [0.1, 0.15) is 50.2 Å². The Labute approximate surface area is 160 Å². The second kappa shape index (κ2) is 7.56. The van der Waals surface area contributed by atoms with E-state index in [4.69, 9.17) is 0 Å². The lowest BCUT2D eigenvalue weighted by molar-refractivity contribution is -0.132. The first kappa shape index (κ1) is 17.8. The molecule has 1 amide bonds. The van der Waals surface area contributed by atoms with E-state index in [1.165, 1.54) is 19.3 Å². The number of carbonyl (C=O) groups excluding carboxylic acids is 1. The second-order valence-electron chi connectivity index (χ2n) is 7.76. The fourth-order valence-corrected chi connectivity index (χ4v) is 3.77. The van der Waals surface area contributed by atoms with Crippen LogP contribution < -0.4 is 0 Å². The molecule has 1 aromatic heterocycles. The molecule has 1 aliphatic carbocycles. The molecule has 2 fully saturated rings. The minimum absolute atomic E-state index is 0.152. The van der Waals surface area contributed by atoms with Crippen LogP contribution in [0, 0.1) is 24.7 Å². The third-order valence-corrected chi connectivity index (χ3v) is 5.47. The predicted octanol–water partition coefficient (Wildman–Crippen LogP) is 3.42. The van der Waals surface area contributed by atoms with Crippen molar-refractivity contribution in [2.24, 2.45) is 5.92 Å². The van der Waals surface area contributed by atoms with Crippen LogP contribution in [-0.2, 0) is 11.3 Å². The fraction of sp³-hybridized carbons (Fsp3) is 0.500. The number of hydrogen-bond acceptors (Lipinski definition) is 3. The van der Waals surface area contributed by atoms with Gasteiger partial charge in [-0.2, -0.15) is 0 Å². The highest BCUT2D eigenvalue weighted by molar-refractivity contribution is 5.73. The van der Waals surface area contributed by atoms with Crippen LogP contribution in [0.4, 0.5) is 0 Å². The molecule has 2 aliphatic rings. The van der Waals surface area contributed by atoms with Gasteiger partial charge < -0.3 is 4.90 Å². The molecule has 27 heavy (non-hydrogen) atoms. The summed E-state index contributed by atoms with van der Waals surface area (Å²) in [5.41, 5.74) is 4.19. The van der Waals surface area contributed by atoms with Gasteiger partial charge >= 0.3 is 0 Å². The molecule has 0 spiro atoms. The Kier molecular flexibility index (Phi) is 4.98. The molecule has 1 atom stereocenters. The van der Waals surface area contributed by atoms with Crippen molar-refractivity contribution in [3.05, 3.63) is 35.5 Å². The maximum absolute atomic E-state index is 11.9. The maximum Gasteiger partial charge on any atom is 0.219 e. The molecule has 5 nitrogen and oxygen atoms in total.